The van der Waals surface area contributed by atoms with Gasteiger partial charge in [-0.25, -0.2) is 0 Å². The van der Waals surface area contributed by atoms with Crippen LogP contribution in [0.3, 0.4) is 0 Å². The molecular formula is C14H25N3O2. The fourth-order valence-electron chi connectivity index (χ4n) is 3.03. The molecule has 2 heterocycles. The van der Waals surface area contributed by atoms with E-state index >= 15 is 0 Å². The Morgan fingerprint density at radius 3 is 2.42 bits per heavy atom. The van der Waals surface area contributed by atoms with E-state index in [9.17, 15) is 9.59 Å². The summed E-state index contributed by atoms with van der Waals surface area (Å²) in [7, 11) is 0. The lowest BCUT2D eigenvalue weighted by Crippen LogP contribution is -2.53. The average Bonchev–Trinajstić information content (AvgIpc) is 2.64. The van der Waals surface area contributed by atoms with E-state index in [0.717, 1.165) is 38.9 Å². The summed E-state index contributed by atoms with van der Waals surface area (Å²) in [6.07, 6.45) is 3.16. The summed E-state index contributed by atoms with van der Waals surface area (Å²) in [5.41, 5.74) is 0. The van der Waals surface area contributed by atoms with Crippen LogP contribution in [0, 0.1) is 5.92 Å². The van der Waals surface area contributed by atoms with Gasteiger partial charge >= 0.3 is 0 Å². The van der Waals surface area contributed by atoms with E-state index in [0.29, 0.717) is 19.0 Å². The Hall–Kier alpha value is -1.10. The van der Waals surface area contributed by atoms with Gasteiger partial charge in [-0.05, 0) is 31.7 Å². The van der Waals surface area contributed by atoms with E-state index in [1.807, 2.05) is 9.80 Å². The molecule has 2 aliphatic heterocycles. The summed E-state index contributed by atoms with van der Waals surface area (Å²) in [6.45, 7) is 7.57. The molecule has 0 aromatic heterocycles. The van der Waals surface area contributed by atoms with Gasteiger partial charge in [-0.1, -0.05) is 6.92 Å². The molecule has 0 aliphatic carbocycles. The summed E-state index contributed by atoms with van der Waals surface area (Å²) in [4.78, 5) is 27.7. The third-order valence-corrected chi connectivity index (χ3v) is 4.29. The summed E-state index contributed by atoms with van der Waals surface area (Å²) in [5.74, 6) is 0.740. The molecular weight excluding hydrogens is 242 g/mol. The number of hydrogen-bond donors (Lipinski definition) is 1. The molecule has 5 heteroatoms. The minimum atomic E-state index is -0.0300. The van der Waals surface area contributed by atoms with Crippen molar-refractivity contribution in [2.45, 2.75) is 39.2 Å². The van der Waals surface area contributed by atoms with E-state index < -0.39 is 0 Å². The Balaban J connectivity index is 1.93. The standard InChI is InChI=1S/C14H25N3O2/c1-11-5-3-6-15-13(11)14(19)17-8-4-7-16(9-10-17)12(2)18/h11,13,15H,3-10H2,1-2H3. The topological polar surface area (TPSA) is 52.7 Å². The van der Waals surface area contributed by atoms with Gasteiger partial charge in [0.2, 0.25) is 11.8 Å². The van der Waals surface area contributed by atoms with Gasteiger partial charge in [0.05, 0.1) is 6.04 Å². The first-order valence-corrected chi connectivity index (χ1v) is 7.37. The fourth-order valence-corrected chi connectivity index (χ4v) is 3.03. The Labute approximate surface area is 115 Å². The Morgan fingerprint density at radius 2 is 1.74 bits per heavy atom. The van der Waals surface area contributed by atoms with Gasteiger partial charge in [0.25, 0.3) is 0 Å². The lowest BCUT2D eigenvalue weighted by Gasteiger charge is -2.33. The zero-order valence-corrected chi connectivity index (χ0v) is 12.0. The van der Waals surface area contributed by atoms with Gasteiger partial charge in [0, 0.05) is 33.1 Å². The van der Waals surface area contributed by atoms with Crippen molar-refractivity contribution in [3.8, 4) is 0 Å². The van der Waals surface area contributed by atoms with Crippen LogP contribution in [-0.2, 0) is 9.59 Å². The number of amides is 2. The number of nitrogens with one attached hydrogen (secondary N) is 1. The summed E-state index contributed by atoms with van der Waals surface area (Å²) >= 11 is 0. The molecule has 19 heavy (non-hydrogen) atoms. The smallest absolute Gasteiger partial charge is 0.240 e. The molecule has 0 spiro atoms. The molecule has 108 valence electrons. The Bertz CT molecular complexity index is 346. The van der Waals surface area contributed by atoms with Crippen LogP contribution in [0.1, 0.15) is 33.1 Å². The minimum absolute atomic E-state index is 0.0300. The molecule has 2 fully saturated rings. The first kappa shape index (κ1) is 14.3. The van der Waals surface area contributed by atoms with E-state index in [-0.39, 0.29) is 17.9 Å². The van der Waals surface area contributed by atoms with Crippen molar-refractivity contribution in [2.24, 2.45) is 5.92 Å². The van der Waals surface area contributed by atoms with Crippen molar-refractivity contribution < 1.29 is 9.59 Å². The average molecular weight is 267 g/mol. The number of rotatable bonds is 1. The maximum absolute atomic E-state index is 12.6. The van der Waals surface area contributed by atoms with E-state index in [2.05, 4.69) is 12.2 Å². The van der Waals surface area contributed by atoms with Crippen molar-refractivity contribution in [1.82, 2.24) is 15.1 Å². The molecule has 0 radical (unpaired) electrons. The molecule has 2 aliphatic rings. The van der Waals surface area contributed by atoms with Crippen LogP contribution in [0.2, 0.25) is 0 Å². The zero-order valence-electron chi connectivity index (χ0n) is 12.0. The van der Waals surface area contributed by atoms with Crippen molar-refractivity contribution in [2.75, 3.05) is 32.7 Å². The van der Waals surface area contributed by atoms with E-state index in [1.165, 1.54) is 0 Å². The molecule has 0 bridgehead atoms. The van der Waals surface area contributed by atoms with Gasteiger partial charge in [-0.2, -0.15) is 0 Å². The molecule has 0 saturated carbocycles. The second-order valence-corrected chi connectivity index (χ2v) is 5.74. The molecule has 5 nitrogen and oxygen atoms in total. The largest absolute Gasteiger partial charge is 0.341 e. The van der Waals surface area contributed by atoms with Crippen LogP contribution in [-0.4, -0.2) is 60.4 Å². The number of hydrogen-bond acceptors (Lipinski definition) is 3. The quantitative estimate of drug-likeness (QED) is 0.751. The maximum atomic E-state index is 12.6. The van der Waals surface area contributed by atoms with Gasteiger partial charge in [-0.3, -0.25) is 9.59 Å². The third-order valence-electron chi connectivity index (χ3n) is 4.29. The summed E-state index contributed by atoms with van der Waals surface area (Å²) in [6, 6.07) is -0.0300. The molecule has 0 aromatic rings. The monoisotopic (exact) mass is 267 g/mol. The van der Waals surface area contributed by atoms with Crippen molar-refractivity contribution in [3.63, 3.8) is 0 Å². The molecule has 2 amide bonds. The number of carbonyl (C=O) groups excluding carboxylic acids is 2. The lowest BCUT2D eigenvalue weighted by molar-refractivity contribution is -0.136. The van der Waals surface area contributed by atoms with Gasteiger partial charge in [0.15, 0.2) is 0 Å². The minimum Gasteiger partial charge on any atom is -0.341 e. The highest BCUT2D eigenvalue weighted by atomic mass is 16.2. The lowest BCUT2D eigenvalue weighted by atomic mass is 9.92. The van der Waals surface area contributed by atoms with Crippen LogP contribution in [0.25, 0.3) is 0 Å². The predicted molar refractivity (Wildman–Crippen MR) is 73.6 cm³/mol. The highest BCUT2D eigenvalue weighted by molar-refractivity contribution is 5.82. The zero-order chi connectivity index (χ0) is 13.8. The highest BCUT2D eigenvalue weighted by Crippen LogP contribution is 2.18. The molecule has 2 rings (SSSR count). The van der Waals surface area contributed by atoms with Crippen molar-refractivity contribution >= 4 is 11.8 Å². The third kappa shape index (κ3) is 3.47. The Morgan fingerprint density at radius 1 is 1.05 bits per heavy atom. The van der Waals surface area contributed by atoms with Gasteiger partial charge in [-0.15, -0.1) is 0 Å². The van der Waals surface area contributed by atoms with E-state index in [4.69, 9.17) is 0 Å². The first-order valence-electron chi connectivity index (χ1n) is 7.37. The number of carbonyl (C=O) groups is 2. The maximum Gasteiger partial charge on any atom is 0.240 e. The van der Waals surface area contributed by atoms with Gasteiger partial charge in [0.1, 0.15) is 0 Å². The van der Waals surface area contributed by atoms with Crippen LogP contribution < -0.4 is 5.32 Å². The van der Waals surface area contributed by atoms with Crippen LogP contribution in [0.4, 0.5) is 0 Å². The highest BCUT2D eigenvalue weighted by Gasteiger charge is 2.31. The van der Waals surface area contributed by atoms with Gasteiger partial charge < -0.3 is 15.1 Å². The molecule has 1 N–H and O–H groups in total. The number of piperidine rings is 1. The Kier molecular flexibility index (Phi) is 4.80. The van der Waals surface area contributed by atoms with Crippen LogP contribution in [0.5, 0.6) is 0 Å². The first-order chi connectivity index (χ1) is 9.09. The normalized spacial score (nSPS) is 28.9. The molecule has 2 saturated heterocycles. The van der Waals surface area contributed by atoms with Crippen LogP contribution in [0.15, 0.2) is 0 Å². The molecule has 2 atom stereocenters. The van der Waals surface area contributed by atoms with Crippen molar-refractivity contribution in [3.05, 3.63) is 0 Å². The predicted octanol–water partition coefficient (Wildman–Crippen LogP) is 0.455. The summed E-state index contributed by atoms with van der Waals surface area (Å²) < 4.78 is 0. The molecule has 2 unspecified atom stereocenters. The van der Waals surface area contributed by atoms with E-state index in [1.54, 1.807) is 6.92 Å². The van der Waals surface area contributed by atoms with Crippen molar-refractivity contribution in [1.29, 1.82) is 0 Å². The second-order valence-electron chi connectivity index (χ2n) is 5.74. The molecule has 0 aromatic carbocycles. The second kappa shape index (κ2) is 6.37. The van der Waals surface area contributed by atoms with Crippen LogP contribution >= 0.6 is 0 Å². The number of nitrogens with zero attached hydrogens (tertiary/aromatic N) is 2. The fraction of sp³-hybridized carbons (Fsp3) is 0.857. The summed E-state index contributed by atoms with van der Waals surface area (Å²) in [5, 5.41) is 3.35. The SMILES string of the molecule is CC(=O)N1CCCN(C(=O)C2NCCCC2C)CC1.